The van der Waals surface area contributed by atoms with E-state index in [1.165, 1.54) is 12.2 Å². The Kier molecular flexibility index (Phi) is 11.8. The van der Waals surface area contributed by atoms with Crippen LogP contribution in [0.4, 0.5) is 0 Å². The summed E-state index contributed by atoms with van der Waals surface area (Å²) < 4.78 is 15.8. The zero-order valence-electron chi connectivity index (χ0n) is 16.7. The number of rotatable bonds is 14. The molecule has 0 saturated heterocycles. The highest BCUT2D eigenvalue weighted by Gasteiger charge is 2.08. The van der Waals surface area contributed by atoms with Crippen molar-refractivity contribution in [3.8, 4) is 5.75 Å². The summed E-state index contributed by atoms with van der Waals surface area (Å²) in [4.78, 5) is 22.9. The van der Waals surface area contributed by atoms with Crippen LogP contribution in [0.1, 0.15) is 55.8 Å². The number of carbonyl (C=O) groups excluding carboxylic acids is 2. The summed E-state index contributed by atoms with van der Waals surface area (Å²) in [6.07, 6.45) is 10.6. The second kappa shape index (κ2) is 14.3. The Morgan fingerprint density at radius 2 is 1.50 bits per heavy atom. The van der Waals surface area contributed by atoms with Gasteiger partial charge >= 0.3 is 11.9 Å². The van der Waals surface area contributed by atoms with E-state index < -0.39 is 5.97 Å². The lowest BCUT2D eigenvalue weighted by atomic mass is 10.1. The Balaban J connectivity index is 2.13. The number of unbranched alkanes of at least 4 members (excludes halogenated alkanes) is 5. The zero-order chi connectivity index (χ0) is 20.6. The third kappa shape index (κ3) is 9.76. The predicted molar refractivity (Wildman–Crippen MR) is 110 cm³/mol. The van der Waals surface area contributed by atoms with E-state index in [0.717, 1.165) is 44.3 Å². The summed E-state index contributed by atoms with van der Waals surface area (Å²) in [6.45, 7) is 9.82. The lowest BCUT2D eigenvalue weighted by molar-refractivity contribution is -0.137. The van der Waals surface area contributed by atoms with Crippen molar-refractivity contribution in [2.24, 2.45) is 0 Å². The van der Waals surface area contributed by atoms with Gasteiger partial charge in [0.25, 0.3) is 0 Å². The Bertz CT molecular complexity index is 658. The highest BCUT2D eigenvalue weighted by atomic mass is 16.5. The van der Waals surface area contributed by atoms with E-state index in [4.69, 9.17) is 14.2 Å². The highest BCUT2D eigenvalue weighted by Crippen LogP contribution is 2.15. The van der Waals surface area contributed by atoms with Crippen LogP contribution >= 0.6 is 0 Å². The summed E-state index contributed by atoms with van der Waals surface area (Å²) in [5, 5.41) is 0. The molecule has 0 unspecified atom stereocenters. The molecule has 0 fully saturated rings. The average molecular weight is 386 g/mol. The molecule has 0 heterocycles. The fraction of sp³-hybridized carbons (Fsp3) is 0.391. The minimum atomic E-state index is -0.418. The summed E-state index contributed by atoms with van der Waals surface area (Å²) in [6, 6.07) is 6.91. The van der Waals surface area contributed by atoms with E-state index in [1.54, 1.807) is 37.3 Å². The first-order valence-corrected chi connectivity index (χ1v) is 9.63. The lowest BCUT2D eigenvalue weighted by Gasteiger charge is -2.08. The zero-order valence-corrected chi connectivity index (χ0v) is 16.7. The minimum Gasteiger partial charge on any atom is -0.494 e. The summed E-state index contributed by atoms with van der Waals surface area (Å²) in [5.74, 6) is 0.388. The Morgan fingerprint density at radius 1 is 0.893 bits per heavy atom. The predicted octanol–water partition coefficient (Wildman–Crippen LogP) is 5.38. The molecule has 0 atom stereocenters. The molecule has 152 valence electrons. The van der Waals surface area contributed by atoms with Crippen molar-refractivity contribution in [3.05, 3.63) is 67.0 Å². The van der Waals surface area contributed by atoms with Crippen LogP contribution in [0.3, 0.4) is 0 Å². The van der Waals surface area contributed by atoms with Crippen LogP contribution < -0.4 is 4.74 Å². The smallest absolute Gasteiger partial charge is 0.343 e. The maximum Gasteiger partial charge on any atom is 0.343 e. The molecule has 5 nitrogen and oxygen atoms in total. The van der Waals surface area contributed by atoms with Crippen LogP contribution in [0.2, 0.25) is 0 Å². The molecule has 0 aliphatic heterocycles. The van der Waals surface area contributed by atoms with E-state index in [-0.39, 0.29) is 5.97 Å². The van der Waals surface area contributed by atoms with Gasteiger partial charge in [-0.3, -0.25) is 0 Å². The van der Waals surface area contributed by atoms with Gasteiger partial charge in [-0.1, -0.05) is 38.8 Å². The molecule has 0 bridgehead atoms. The summed E-state index contributed by atoms with van der Waals surface area (Å²) in [7, 11) is 0. The van der Waals surface area contributed by atoms with Crippen LogP contribution in [0.25, 0.3) is 0 Å². The molecular weight excluding hydrogens is 356 g/mol. The number of benzene rings is 1. The monoisotopic (exact) mass is 386 g/mol. The Hall–Kier alpha value is -2.82. The highest BCUT2D eigenvalue weighted by molar-refractivity contribution is 5.90. The Labute approximate surface area is 167 Å². The van der Waals surface area contributed by atoms with Crippen LogP contribution in [0, 0.1) is 0 Å². The van der Waals surface area contributed by atoms with Crippen molar-refractivity contribution in [3.63, 3.8) is 0 Å². The molecular formula is C23H30O5. The lowest BCUT2D eigenvalue weighted by Crippen LogP contribution is -2.04. The Morgan fingerprint density at radius 3 is 2.07 bits per heavy atom. The molecule has 0 amide bonds. The molecule has 0 saturated carbocycles. The molecule has 1 aromatic rings. The normalized spacial score (nSPS) is 10.8. The number of carbonyl (C=O) groups is 2. The largest absolute Gasteiger partial charge is 0.494 e. The first-order chi connectivity index (χ1) is 13.6. The molecule has 0 radical (unpaired) electrons. The van der Waals surface area contributed by atoms with Crippen LogP contribution in [-0.4, -0.2) is 25.2 Å². The van der Waals surface area contributed by atoms with E-state index in [2.05, 4.69) is 13.2 Å². The molecule has 28 heavy (non-hydrogen) atoms. The van der Waals surface area contributed by atoms with E-state index in [0.29, 0.717) is 24.5 Å². The van der Waals surface area contributed by atoms with E-state index in [1.807, 2.05) is 0 Å². The van der Waals surface area contributed by atoms with Gasteiger partial charge in [0.2, 0.25) is 0 Å². The second-order valence-corrected chi connectivity index (χ2v) is 6.15. The first-order valence-electron chi connectivity index (χ1n) is 9.63. The van der Waals surface area contributed by atoms with Crippen LogP contribution in [0.5, 0.6) is 5.75 Å². The van der Waals surface area contributed by atoms with Crippen molar-refractivity contribution in [2.45, 2.75) is 45.4 Å². The summed E-state index contributed by atoms with van der Waals surface area (Å²) >= 11 is 0. The summed E-state index contributed by atoms with van der Waals surface area (Å²) in [5.41, 5.74) is 0.465. The van der Waals surface area contributed by atoms with Gasteiger partial charge in [0.05, 0.1) is 18.8 Å². The quantitative estimate of drug-likeness (QED) is 0.141. The van der Waals surface area contributed by atoms with Crippen LogP contribution in [0.15, 0.2) is 61.4 Å². The van der Waals surface area contributed by atoms with Crippen molar-refractivity contribution >= 4 is 11.9 Å². The number of allylic oxidation sites excluding steroid dienone is 2. The van der Waals surface area contributed by atoms with Gasteiger partial charge in [0, 0.05) is 6.08 Å². The fourth-order valence-corrected chi connectivity index (χ4v) is 2.40. The standard InChI is InChI=1S/C23H30O5/c1-4-20(5-2)28-23(25)19-13-15-21(16-14-19)26-17-11-9-7-8-10-12-18-27-22(24)6-3/h4-6,13-16H,1,3,7-12,17-18H2,2H3/b20-5+. The molecule has 0 N–H and O–H groups in total. The second-order valence-electron chi connectivity index (χ2n) is 6.15. The third-order valence-electron chi connectivity index (χ3n) is 4.00. The molecule has 0 aliphatic rings. The van der Waals surface area contributed by atoms with Gasteiger partial charge in [0.15, 0.2) is 0 Å². The van der Waals surface area contributed by atoms with Gasteiger partial charge in [-0.25, -0.2) is 9.59 Å². The first kappa shape index (κ1) is 23.2. The maximum atomic E-state index is 12.0. The number of hydrogen-bond acceptors (Lipinski definition) is 5. The van der Waals surface area contributed by atoms with E-state index in [9.17, 15) is 9.59 Å². The number of esters is 2. The number of ether oxygens (including phenoxy) is 3. The van der Waals surface area contributed by atoms with Gasteiger partial charge < -0.3 is 14.2 Å². The average Bonchev–Trinajstić information content (AvgIpc) is 2.73. The van der Waals surface area contributed by atoms with Gasteiger partial charge in [0.1, 0.15) is 11.5 Å². The third-order valence-corrected chi connectivity index (χ3v) is 4.00. The van der Waals surface area contributed by atoms with Crippen molar-refractivity contribution in [1.82, 2.24) is 0 Å². The SMILES string of the molecule is C=CC(=O)OCCCCCCCCOc1ccc(C(=O)O/C(C=C)=C/C)cc1. The van der Waals surface area contributed by atoms with Gasteiger partial charge in [-0.05, 0) is 56.2 Å². The van der Waals surface area contributed by atoms with Gasteiger partial charge in [-0.15, -0.1) is 0 Å². The van der Waals surface area contributed by atoms with Crippen molar-refractivity contribution < 1.29 is 23.8 Å². The van der Waals surface area contributed by atoms with Gasteiger partial charge in [-0.2, -0.15) is 0 Å². The molecule has 0 spiro atoms. The molecule has 0 aliphatic carbocycles. The van der Waals surface area contributed by atoms with Crippen LogP contribution in [-0.2, 0) is 14.3 Å². The molecule has 0 aromatic heterocycles. The number of hydrogen-bond donors (Lipinski definition) is 0. The molecule has 1 rings (SSSR count). The molecule has 1 aromatic carbocycles. The maximum absolute atomic E-state index is 12.0. The molecule has 5 heteroatoms. The van der Waals surface area contributed by atoms with Crippen molar-refractivity contribution in [2.75, 3.05) is 13.2 Å². The van der Waals surface area contributed by atoms with Crippen molar-refractivity contribution in [1.29, 1.82) is 0 Å². The topological polar surface area (TPSA) is 61.8 Å². The fourth-order valence-electron chi connectivity index (χ4n) is 2.40. The minimum absolute atomic E-state index is 0.360. The van der Waals surface area contributed by atoms with E-state index >= 15 is 0 Å².